The van der Waals surface area contributed by atoms with Gasteiger partial charge in [0.25, 0.3) is 5.91 Å². The molecule has 2 N–H and O–H groups in total. The Morgan fingerprint density at radius 3 is 2.48 bits per heavy atom. The molecular weight excluding hydrogens is 296 g/mol. The molecule has 0 saturated heterocycles. The Morgan fingerprint density at radius 1 is 1.26 bits per heavy atom. The molecule has 0 aliphatic carbocycles. The lowest BCUT2D eigenvalue weighted by molar-refractivity contribution is -0.139. The van der Waals surface area contributed by atoms with Crippen molar-refractivity contribution in [1.29, 1.82) is 0 Å². The van der Waals surface area contributed by atoms with Crippen LogP contribution in [0.1, 0.15) is 36.3 Å². The number of carbonyl (C=O) groups excluding carboxylic acids is 1. The molecule has 1 amide bonds. The summed E-state index contributed by atoms with van der Waals surface area (Å²) in [5.74, 6) is -1.14. The van der Waals surface area contributed by atoms with E-state index in [-0.39, 0.29) is 11.6 Å². The van der Waals surface area contributed by atoms with E-state index in [9.17, 15) is 14.7 Å². The van der Waals surface area contributed by atoms with Crippen LogP contribution < -0.4 is 5.32 Å². The van der Waals surface area contributed by atoms with E-state index < -0.39 is 17.9 Å². The van der Waals surface area contributed by atoms with Crippen molar-refractivity contribution in [3.8, 4) is 11.3 Å². The summed E-state index contributed by atoms with van der Waals surface area (Å²) in [6.45, 7) is 5.76. The third-order valence-electron chi connectivity index (χ3n) is 3.41. The van der Waals surface area contributed by atoms with Crippen LogP contribution in [-0.4, -0.2) is 28.0 Å². The van der Waals surface area contributed by atoms with Crippen LogP contribution in [0, 0.1) is 12.8 Å². The third kappa shape index (κ3) is 4.18. The molecule has 0 saturated carbocycles. The van der Waals surface area contributed by atoms with Gasteiger partial charge < -0.3 is 14.8 Å². The standard InChI is InChI=1S/C17H20N2O4/c1-10(2)8-13(17(21)22)19-16(20)14-15(23-9-18-14)12-6-4-11(3)5-7-12/h4-7,9-10,13H,8H2,1-3H3,(H,19,20)(H,21,22)/t13-/m1/s1. The molecule has 2 rings (SSSR count). The van der Waals surface area contributed by atoms with Crippen LogP contribution in [0.3, 0.4) is 0 Å². The summed E-state index contributed by atoms with van der Waals surface area (Å²) in [5.41, 5.74) is 1.89. The fourth-order valence-corrected chi connectivity index (χ4v) is 2.24. The Labute approximate surface area is 134 Å². The first kappa shape index (κ1) is 16.7. The highest BCUT2D eigenvalue weighted by molar-refractivity contribution is 5.99. The van der Waals surface area contributed by atoms with Gasteiger partial charge >= 0.3 is 5.97 Å². The second kappa shape index (κ2) is 7.09. The minimum atomic E-state index is -1.06. The second-order valence-electron chi connectivity index (χ2n) is 5.89. The molecule has 23 heavy (non-hydrogen) atoms. The first-order valence-electron chi connectivity index (χ1n) is 7.42. The lowest BCUT2D eigenvalue weighted by Crippen LogP contribution is -2.41. The maximum atomic E-state index is 12.4. The molecule has 6 heteroatoms. The molecule has 122 valence electrons. The number of aromatic nitrogens is 1. The summed E-state index contributed by atoms with van der Waals surface area (Å²) in [7, 11) is 0. The molecule has 0 radical (unpaired) electrons. The van der Waals surface area contributed by atoms with E-state index in [1.54, 1.807) is 0 Å². The van der Waals surface area contributed by atoms with E-state index in [1.807, 2.05) is 45.0 Å². The number of rotatable bonds is 6. The number of aryl methyl sites for hydroxylation is 1. The first-order valence-corrected chi connectivity index (χ1v) is 7.42. The average Bonchev–Trinajstić information content (AvgIpc) is 2.96. The fourth-order valence-electron chi connectivity index (χ4n) is 2.24. The highest BCUT2D eigenvalue weighted by Gasteiger charge is 2.25. The van der Waals surface area contributed by atoms with E-state index in [0.717, 1.165) is 5.56 Å². The van der Waals surface area contributed by atoms with Gasteiger partial charge in [0, 0.05) is 5.56 Å². The number of carbonyl (C=O) groups is 2. The van der Waals surface area contributed by atoms with Gasteiger partial charge in [-0.3, -0.25) is 4.79 Å². The van der Waals surface area contributed by atoms with Gasteiger partial charge in [0.05, 0.1) is 0 Å². The van der Waals surface area contributed by atoms with Crippen LogP contribution in [-0.2, 0) is 4.79 Å². The Morgan fingerprint density at radius 2 is 1.91 bits per heavy atom. The molecule has 0 fully saturated rings. The number of carboxylic acids is 1. The number of nitrogens with zero attached hydrogens (tertiary/aromatic N) is 1. The second-order valence-corrected chi connectivity index (χ2v) is 5.89. The molecule has 1 atom stereocenters. The van der Waals surface area contributed by atoms with E-state index in [1.165, 1.54) is 6.39 Å². The summed E-state index contributed by atoms with van der Waals surface area (Å²) in [6, 6.07) is 6.51. The zero-order chi connectivity index (χ0) is 17.0. The average molecular weight is 316 g/mol. The minimum Gasteiger partial charge on any atom is -0.480 e. The quantitative estimate of drug-likeness (QED) is 0.855. The van der Waals surface area contributed by atoms with Crippen molar-refractivity contribution < 1.29 is 19.1 Å². The zero-order valence-electron chi connectivity index (χ0n) is 13.4. The molecular formula is C17H20N2O4. The number of hydrogen-bond acceptors (Lipinski definition) is 4. The molecule has 1 aromatic carbocycles. The summed E-state index contributed by atoms with van der Waals surface area (Å²) < 4.78 is 5.32. The van der Waals surface area contributed by atoms with Crippen molar-refractivity contribution in [3.05, 3.63) is 41.9 Å². The Hall–Kier alpha value is -2.63. The van der Waals surface area contributed by atoms with Crippen LogP contribution in [0.15, 0.2) is 35.1 Å². The number of aliphatic carboxylic acids is 1. The van der Waals surface area contributed by atoms with Gasteiger partial charge in [-0.05, 0) is 19.3 Å². The largest absolute Gasteiger partial charge is 0.480 e. The smallest absolute Gasteiger partial charge is 0.326 e. The lowest BCUT2D eigenvalue weighted by Gasteiger charge is -2.15. The fraction of sp³-hybridized carbons (Fsp3) is 0.353. The lowest BCUT2D eigenvalue weighted by atomic mass is 10.0. The van der Waals surface area contributed by atoms with E-state index in [2.05, 4.69) is 10.3 Å². The predicted octanol–water partition coefficient (Wildman–Crippen LogP) is 2.88. The molecule has 0 aliphatic heterocycles. The van der Waals surface area contributed by atoms with Crippen molar-refractivity contribution >= 4 is 11.9 Å². The summed E-state index contributed by atoms with van der Waals surface area (Å²) in [4.78, 5) is 27.6. The van der Waals surface area contributed by atoms with Gasteiger partial charge in [-0.15, -0.1) is 0 Å². The van der Waals surface area contributed by atoms with Crippen molar-refractivity contribution in [3.63, 3.8) is 0 Å². The summed E-state index contributed by atoms with van der Waals surface area (Å²) >= 11 is 0. The minimum absolute atomic E-state index is 0.0869. The molecule has 0 aliphatic rings. The van der Waals surface area contributed by atoms with Crippen molar-refractivity contribution in [1.82, 2.24) is 10.3 Å². The Kier molecular flexibility index (Phi) is 5.16. The normalized spacial score (nSPS) is 12.2. The number of oxazole rings is 1. The van der Waals surface area contributed by atoms with Crippen LogP contribution in [0.25, 0.3) is 11.3 Å². The maximum absolute atomic E-state index is 12.4. The highest BCUT2D eigenvalue weighted by atomic mass is 16.4. The SMILES string of the molecule is Cc1ccc(-c2ocnc2C(=O)N[C@H](CC(C)C)C(=O)O)cc1. The van der Waals surface area contributed by atoms with Gasteiger partial charge in [0.15, 0.2) is 17.8 Å². The van der Waals surface area contributed by atoms with Gasteiger partial charge in [0.1, 0.15) is 6.04 Å². The predicted molar refractivity (Wildman–Crippen MR) is 85.0 cm³/mol. The van der Waals surface area contributed by atoms with E-state index in [0.29, 0.717) is 17.7 Å². The monoisotopic (exact) mass is 316 g/mol. The van der Waals surface area contributed by atoms with E-state index >= 15 is 0 Å². The van der Waals surface area contributed by atoms with Gasteiger partial charge in [-0.1, -0.05) is 43.7 Å². The van der Waals surface area contributed by atoms with E-state index in [4.69, 9.17) is 4.42 Å². The number of carboxylic acid groups (broad SMARTS) is 1. The summed E-state index contributed by atoms with van der Waals surface area (Å²) in [5, 5.41) is 11.7. The molecule has 0 unspecified atom stereocenters. The molecule has 0 spiro atoms. The van der Waals surface area contributed by atoms with Crippen LogP contribution in [0.2, 0.25) is 0 Å². The first-order chi connectivity index (χ1) is 10.9. The number of nitrogens with one attached hydrogen (secondary N) is 1. The Balaban J connectivity index is 2.22. The number of benzene rings is 1. The van der Waals surface area contributed by atoms with Crippen LogP contribution >= 0.6 is 0 Å². The number of hydrogen-bond donors (Lipinski definition) is 2. The maximum Gasteiger partial charge on any atom is 0.326 e. The molecule has 1 aromatic heterocycles. The number of amides is 1. The van der Waals surface area contributed by atoms with Crippen LogP contribution in [0.5, 0.6) is 0 Å². The molecule has 1 heterocycles. The van der Waals surface area contributed by atoms with Crippen molar-refractivity contribution in [2.75, 3.05) is 0 Å². The van der Waals surface area contributed by atoms with Crippen LogP contribution in [0.4, 0.5) is 0 Å². The molecule has 0 bridgehead atoms. The molecule has 6 nitrogen and oxygen atoms in total. The molecule has 2 aromatic rings. The van der Waals surface area contributed by atoms with Crippen molar-refractivity contribution in [2.45, 2.75) is 33.2 Å². The van der Waals surface area contributed by atoms with Gasteiger partial charge in [0.2, 0.25) is 0 Å². The van der Waals surface area contributed by atoms with Crippen molar-refractivity contribution in [2.24, 2.45) is 5.92 Å². The third-order valence-corrected chi connectivity index (χ3v) is 3.41. The Bertz CT molecular complexity index is 689. The zero-order valence-corrected chi connectivity index (χ0v) is 13.4. The summed E-state index contributed by atoms with van der Waals surface area (Å²) in [6.07, 6.45) is 1.53. The topological polar surface area (TPSA) is 92.4 Å². The van der Waals surface area contributed by atoms with Gasteiger partial charge in [-0.25, -0.2) is 9.78 Å². The highest BCUT2D eigenvalue weighted by Crippen LogP contribution is 2.23. The van der Waals surface area contributed by atoms with Gasteiger partial charge in [-0.2, -0.15) is 0 Å².